The molecular formula is C28H26F2N4O. The minimum absolute atomic E-state index is 0.115. The zero-order chi connectivity index (χ0) is 24.4. The molecule has 178 valence electrons. The van der Waals surface area contributed by atoms with Crippen molar-refractivity contribution in [1.29, 1.82) is 0 Å². The van der Waals surface area contributed by atoms with E-state index in [0.29, 0.717) is 24.4 Å². The third kappa shape index (κ3) is 4.86. The maximum Gasteiger partial charge on any atom is 0.282 e. The summed E-state index contributed by atoms with van der Waals surface area (Å²) in [6.07, 6.45) is 1.91. The first-order chi connectivity index (χ1) is 17.0. The van der Waals surface area contributed by atoms with Crippen molar-refractivity contribution in [3.8, 4) is 0 Å². The van der Waals surface area contributed by atoms with Gasteiger partial charge < -0.3 is 4.90 Å². The van der Waals surface area contributed by atoms with Gasteiger partial charge in [-0.05, 0) is 54.4 Å². The van der Waals surface area contributed by atoms with Gasteiger partial charge in [-0.2, -0.15) is 10.1 Å². The van der Waals surface area contributed by atoms with E-state index in [9.17, 15) is 13.6 Å². The Kier molecular flexibility index (Phi) is 6.42. The molecule has 0 unspecified atom stereocenters. The second-order valence-electron chi connectivity index (χ2n) is 8.76. The summed E-state index contributed by atoms with van der Waals surface area (Å²) in [4.78, 5) is 17.5. The molecular weight excluding hydrogens is 446 g/mol. The zero-order valence-electron chi connectivity index (χ0n) is 19.4. The van der Waals surface area contributed by atoms with Gasteiger partial charge in [0.1, 0.15) is 11.6 Å². The van der Waals surface area contributed by atoms with Crippen molar-refractivity contribution in [2.75, 3.05) is 31.2 Å². The standard InChI is InChI=1S/C28H26F2N4O/c1-20-26(28(35)34(31-20)25-5-3-2-4-6-25)19-32-15-17-33(18-16-32)27(21-7-11-23(29)12-8-21)22-9-13-24(30)14-10-22/h2-14,19,27H,15-18H2,1H3. The van der Waals surface area contributed by atoms with Gasteiger partial charge in [-0.25, -0.2) is 8.78 Å². The Balaban J connectivity index is 1.32. The summed E-state index contributed by atoms with van der Waals surface area (Å²) in [5.41, 5.74) is 3.94. The average Bonchev–Trinajstić information content (AvgIpc) is 3.16. The number of hydrogen-bond donors (Lipinski definition) is 0. The van der Waals surface area contributed by atoms with E-state index in [1.165, 1.54) is 29.3 Å². The number of piperazine rings is 1. The monoisotopic (exact) mass is 472 g/mol. The lowest BCUT2D eigenvalue weighted by molar-refractivity contribution is -0.114. The van der Waals surface area contributed by atoms with E-state index < -0.39 is 0 Å². The first-order valence-corrected chi connectivity index (χ1v) is 11.7. The second kappa shape index (κ2) is 9.80. The maximum atomic E-state index is 13.6. The van der Waals surface area contributed by atoms with Gasteiger partial charge in [-0.3, -0.25) is 9.69 Å². The van der Waals surface area contributed by atoms with Gasteiger partial charge >= 0.3 is 0 Å². The lowest BCUT2D eigenvalue weighted by Gasteiger charge is -2.39. The fourth-order valence-corrected chi connectivity index (χ4v) is 4.62. The quantitative estimate of drug-likeness (QED) is 0.492. The van der Waals surface area contributed by atoms with Gasteiger partial charge in [0.2, 0.25) is 0 Å². The molecule has 0 atom stereocenters. The highest BCUT2D eigenvalue weighted by atomic mass is 19.1. The lowest BCUT2D eigenvalue weighted by atomic mass is 9.96. The number of anilines is 1. The van der Waals surface area contributed by atoms with Crippen LogP contribution in [0.4, 0.5) is 14.5 Å². The number of halogens is 2. The van der Waals surface area contributed by atoms with Crippen LogP contribution in [-0.2, 0) is 4.79 Å². The van der Waals surface area contributed by atoms with Crippen LogP contribution in [0.1, 0.15) is 24.1 Å². The zero-order valence-corrected chi connectivity index (χ0v) is 19.4. The van der Waals surface area contributed by atoms with Crippen LogP contribution < -0.4 is 5.01 Å². The Labute approximate surface area is 203 Å². The molecule has 1 saturated heterocycles. The van der Waals surface area contributed by atoms with Crippen molar-refractivity contribution in [3.05, 3.63) is 113 Å². The van der Waals surface area contributed by atoms with E-state index in [0.717, 1.165) is 29.9 Å². The van der Waals surface area contributed by atoms with E-state index in [2.05, 4.69) is 14.9 Å². The van der Waals surface area contributed by atoms with Crippen LogP contribution in [0, 0.1) is 11.6 Å². The fraction of sp³-hybridized carbons (Fsp3) is 0.214. The molecule has 0 bridgehead atoms. The molecule has 0 aliphatic carbocycles. The molecule has 0 aromatic heterocycles. The molecule has 2 aliphatic heterocycles. The SMILES string of the molecule is CC1=NN(c2ccccc2)C(=O)C1=CN1CCN(C(c2ccc(F)cc2)c2ccc(F)cc2)CC1. The predicted octanol–water partition coefficient (Wildman–Crippen LogP) is 4.98. The summed E-state index contributed by atoms with van der Waals surface area (Å²) in [5, 5.41) is 5.90. The maximum absolute atomic E-state index is 13.6. The molecule has 1 amide bonds. The third-order valence-corrected chi connectivity index (χ3v) is 6.46. The molecule has 3 aromatic carbocycles. The molecule has 0 N–H and O–H groups in total. The van der Waals surface area contributed by atoms with Gasteiger partial charge in [-0.15, -0.1) is 0 Å². The average molecular weight is 473 g/mol. The predicted molar refractivity (Wildman–Crippen MR) is 133 cm³/mol. The summed E-state index contributed by atoms with van der Waals surface area (Å²) in [6, 6.07) is 22.2. The third-order valence-electron chi connectivity index (χ3n) is 6.46. The Morgan fingerprint density at radius 1 is 0.800 bits per heavy atom. The van der Waals surface area contributed by atoms with E-state index in [-0.39, 0.29) is 23.6 Å². The molecule has 0 saturated carbocycles. The summed E-state index contributed by atoms with van der Waals surface area (Å²) < 4.78 is 27.1. The van der Waals surface area contributed by atoms with E-state index in [1.807, 2.05) is 43.5 Å². The van der Waals surface area contributed by atoms with Crippen LogP contribution in [0.25, 0.3) is 0 Å². The molecule has 3 aromatic rings. The first kappa shape index (κ1) is 22.9. The van der Waals surface area contributed by atoms with Crippen molar-refractivity contribution in [1.82, 2.24) is 9.80 Å². The Bertz CT molecular complexity index is 1200. The van der Waals surface area contributed by atoms with Crippen LogP contribution in [0.15, 0.2) is 95.7 Å². The van der Waals surface area contributed by atoms with Crippen molar-refractivity contribution >= 4 is 17.3 Å². The number of benzene rings is 3. The van der Waals surface area contributed by atoms with E-state index in [4.69, 9.17) is 0 Å². The molecule has 0 spiro atoms. The molecule has 2 aliphatic rings. The smallest absolute Gasteiger partial charge is 0.282 e. The van der Waals surface area contributed by atoms with Crippen LogP contribution >= 0.6 is 0 Å². The normalized spacial score (nSPS) is 18.0. The van der Waals surface area contributed by atoms with Gasteiger partial charge in [0.15, 0.2) is 0 Å². The number of amides is 1. The number of nitrogens with zero attached hydrogens (tertiary/aromatic N) is 4. The number of carbonyl (C=O) groups excluding carboxylic acids is 1. The lowest BCUT2D eigenvalue weighted by Crippen LogP contribution is -2.46. The highest BCUT2D eigenvalue weighted by molar-refractivity contribution is 6.29. The van der Waals surface area contributed by atoms with Crippen LogP contribution in [0.3, 0.4) is 0 Å². The highest BCUT2D eigenvalue weighted by Gasteiger charge is 2.31. The fourth-order valence-electron chi connectivity index (χ4n) is 4.62. The Hall–Kier alpha value is -3.84. The van der Waals surface area contributed by atoms with E-state index >= 15 is 0 Å². The molecule has 35 heavy (non-hydrogen) atoms. The molecule has 1 fully saturated rings. The minimum Gasteiger partial charge on any atom is -0.374 e. The number of rotatable bonds is 5. The molecule has 7 heteroatoms. The number of hydrogen-bond acceptors (Lipinski definition) is 4. The second-order valence-corrected chi connectivity index (χ2v) is 8.76. The van der Waals surface area contributed by atoms with Crippen LogP contribution in [0.2, 0.25) is 0 Å². The van der Waals surface area contributed by atoms with Crippen LogP contribution in [-0.4, -0.2) is 47.6 Å². The highest BCUT2D eigenvalue weighted by Crippen LogP contribution is 2.30. The molecule has 0 radical (unpaired) electrons. The molecule has 2 heterocycles. The topological polar surface area (TPSA) is 39.2 Å². The Morgan fingerprint density at radius 2 is 1.34 bits per heavy atom. The van der Waals surface area contributed by atoms with Crippen molar-refractivity contribution in [3.63, 3.8) is 0 Å². The van der Waals surface area contributed by atoms with Gasteiger partial charge in [0, 0.05) is 32.4 Å². The number of carbonyl (C=O) groups is 1. The largest absolute Gasteiger partial charge is 0.374 e. The van der Waals surface area contributed by atoms with E-state index in [1.54, 1.807) is 24.3 Å². The van der Waals surface area contributed by atoms with Gasteiger partial charge in [0.25, 0.3) is 5.91 Å². The first-order valence-electron chi connectivity index (χ1n) is 11.7. The summed E-state index contributed by atoms with van der Waals surface area (Å²) in [7, 11) is 0. The van der Waals surface area contributed by atoms with Crippen LogP contribution in [0.5, 0.6) is 0 Å². The van der Waals surface area contributed by atoms with Crippen molar-refractivity contribution in [2.45, 2.75) is 13.0 Å². The van der Waals surface area contributed by atoms with Gasteiger partial charge in [-0.1, -0.05) is 42.5 Å². The summed E-state index contributed by atoms with van der Waals surface area (Å²) >= 11 is 0. The van der Waals surface area contributed by atoms with Crippen molar-refractivity contribution in [2.24, 2.45) is 5.10 Å². The number of para-hydroxylation sites is 1. The van der Waals surface area contributed by atoms with Crippen molar-refractivity contribution < 1.29 is 13.6 Å². The minimum atomic E-state index is -0.286. The Morgan fingerprint density at radius 3 is 1.89 bits per heavy atom. The molecule has 5 rings (SSSR count). The number of hydrazone groups is 1. The van der Waals surface area contributed by atoms with Gasteiger partial charge in [0.05, 0.1) is 23.0 Å². The summed E-state index contributed by atoms with van der Waals surface area (Å²) in [5.74, 6) is -0.705. The summed E-state index contributed by atoms with van der Waals surface area (Å²) in [6.45, 7) is 4.75. The molecule has 5 nitrogen and oxygen atoms in total.